The first-order valence-electron chi connectivity index (χ1n) is 8.59. The zero-order valence-corrected chi connectivity index (χ0v) is 15.0. The molecule has 0 unspecified atom stereocenters. The fraction of sp³-hybridized carbons (Fsp3) is 0.211. The average Bonchev–Trinajstić information content (AvgIpc) is 2.86. The number of carbonyl (C=O) groups excluding carboxylic acids is 3. The number of amides is 3. The number of para-hydroxylation sites is 2. The first kappa shape index (κ1) is 20.2. The standard InChI is InChI=1S/C19H16F3N3O4/c20-11-5-6-12(19(22)18(11)21)24-15(26)9-23-16(27)10-25-13-3-1-2-4-14(13)29-8-7-17(25)28/h1-6H,7-10H2,(H,23,27)(H,24,26). The van der Waals surface area contributed by atoms with E-state index in [0.29, 0.717) is 17.5 Å². The fourth-order valence-electron chi connectivity index (χ4n) is 2.69. The predicted molar refractivity (Wildman–Crippen MR) is 96.9 cm³/mol. The van der Waals surface area contributed by atoms with Crippen molar-refractivity contribution in [1.82, 2.24) is 5.32 Å². The fourth-order valence-corrected chi connectivity index (χ4v) is 2.69. The van der Waals surface area contributed by atoms with Crippen LogP contribution in [-0.4, -0.2) is 37.4 Å². The summed E-state index contributed by atoms with van der Waals surface area (Å²) in [5.41, 5.74) is -0.129. The summed E-state index contributed by atoms with van der Waals surface area (Å²) in [4.78, 5) is 37.6. The third-order valence-corrected chi connectivity index (χ3v) is 4.09. The van der Waals surface area contributed by atoms with E-state index >= 15 is 0 Å². The lowest BCUT2D eigenvalue weighted by atomic mass is 10.2. The van der Waals surface area contributed by atoms with E-state index in [1.54, 1.807) is 24.3 Å². The van der Waals surface area contributed by atoms with Gasteiger partial charge in [-0.25, -0.2) is 13.2 Å². The number of benzene rings is 2. The van der Waals surface area contributed by atoms with Crippen LogP contribution in [0, 0.1) is 17.5 Å². The van der Waals surface area contributed by atoms with Gasteiger partial charge in [-0.05, 0) is 24.3 Å². The van der Waals surface area contributed by atoms with Crippen molar-refractivity contribution in [3.05, 3.63) is 53.8 Å². The maximum Gasteiger partial charge on any atom is 0.243 e. The van der Waals surface area contributed by atoms with Gasteiger partial charge in [0, 0.05) is 0 Å². The SMILES string of the molecule is O=C(CN1C(=O)CCOc2ccccc21)NCC(=O)Nc1ccc(F)c(F)c1F. The summed E-state index contributed by atoms with van der Waals surface area (Å²) in [6.07, 6.45) is 0.0812. The zero-order chi connectivity index (χ0) is 21.0. The van der Waals surface area contributed by atoms with Gasteiger partial charge in [0.15, 0.2) is 17.5 Å². The van der Waals surface area contributed by atoms with Gasteiger partial charge in [0.25, 0.3) is 0 Å². The van der Waals surface area contributed by atoms with Crippen LogP contribution in [0.25, 0.3) is 0 Å². The second-order valence-corrected chi connectivity index (χ2v) is 6.09. The molecule has 1 aliphatic heterocycles. The van der Waals surface area contributed by atoms with Gasteiger partial charge in [0.1, 0.15) is 12.3 Å². The van der Waals surface area contributed by atoms with Gasteiger partial charge < -0.3 is 15.4 Å². The molecule has 0 fully saturated rings. The molecular formula is C19H16F3N3O4. The number of ether oxygens (including phenoxy) is 1. The minimum atomic E-state index is -1.72. The van der Waals surface area contributed by atoms with Crippen molar-refractivity contribution in [3.8, 4) is 5.75 Å². The lowest BCUT2D eigenvalue weighted by Crippen LogP contribution is -2.42. The van der Waals surface area contributed by atoms with E-state index in [4.69, 9.17) is 4.74 Å². The molecule has 0 atom stereocenters. The highest BCUT2D eigenvalue weighted by molar-refractivity contribution is 6.01. The van der Waals surface area contributed by atoms with Crippen molar-refractivity contribution >= 4 is 29.1 Å². The summed E-state index contributed by atoms with van der Waals surface area (Å²) in [5, 5.41) is 4.33. The van der Waals surface area contributed by atoms with Crippen molar-refractivity contribution in [3.63, 3.8) is 0 Å². The molecule has 0 radical (unpaired) electrons. The van der Waals surface area contributed by atoms with Crippen molar-refractivity contribution in [2.75, 3.05) is 29.9 Å². The smallest absolute Gasteiger partial charge is 0.243 e. The van der Waals surface area contributed by atoms with E-state index in [9.17, 15) is 27.6 Å². The van der Waals surface area contributed by atoms with Gasteiger partial charge in [-0.2, -0.15) is 0 Å². The molecule has 1 aliphatic rings. The van der Waals surface area contributed by atoms with E-state index in [1.807, 2.05) is 5.32 Å². The molecule has 3 amide bonds. The molecular weight excluding hydrogens is 391 g/mol. The van der Waals surface area contributed by atoms with Crippen molar-refractivity contribution in [2.45, 2.75) is 6.42 Å². The van der Waals surface area contributed by atoms with Crippen LogP contribution in [0.3, 0.4) is 0 Å². The molecule has 0 spiro atoms. The third-order valence-electron chi connectivity index (χ3n) is 4.09. The number of carbonyl (C=O) groups is 3. The highest BCUT2D eigenvalue weighted by Crippen LogP contribution is 2.30. The molecule has 3 rings (SSSR count). The number of halogens is 3. The Labute approximate surface area is 163 Å². The molecule has 0 bridgehead atoms. The Morgan fingerprint density at radius 2 is 1.79 bits per heavy atom. The maximum atomic E-state index is 13.6. The maximum absolute atomic E-state index is 13.6. The minimum Gasteiger partial charge on any atom is -0.491 e. The van der Waals surface area contributed by atoms with Crippen molar-refractivity contribution in [1.29, 1.82) is 0 Å². The molecule has 2 aromatic rings. The van der Waals surface area contributed by atoms with Crippen LogP contribution in [0.15, 0.2) is 36.4 Å². The van der Waals surface area contributed by atoms with Gasteiger partial charge >= 0.3 is 0 Å². The lowest BCUT2D eigenvalue weighted by molar-refractivity contribution is -0.125. The van der Waals surface area contributed by atoms with Gasteiger partial charge in [-0.15, -0.1) is 0 Å². The number of hydrogen-bond acceptors (Lipinski definition) is 4. The molecule has 0 aliphatic carbocycles. The Morgan fingerprint density at radius 1 is 1.03 bits per heavy atom. The second kappa shape index (κ2) is 8.63. The molecule has 0 saturated heterocycles. The van der Waals surface area contributed by atoms with E-state index < -0.39 is 41.5 Å². The molecule has 2 aromatic carbocycles. The van der Waals surface area contributed by atoms with Crippen LogP contribution in [0.1, 0.15) is 6.42 Å². The highest BCUT2D eigenvalue weighted by atomic mass is 19.2. The molecule has 10 heteroatoms. The number of hydrogen-bond donors (Lipinski definition) is 2. The van der Waals surface area contributed by atoms with Crippen molar-refractivity contribution < 1.29 is 32.3 Å². The Bertz CT molecular complexity index is 968. The predicted octanol–water partition coefficient (Wildman–Crippen LogP) is 1.97. The lowest BCUT2D eigenvalue weighted by Gasteiger charge is -2.21. The zero-order valence-electron chi connectivity index (χ0n) is 15.0. The van der Waals surface area contributed by atoms with Gasteiger partial charge in [0.2, 0.25) is 17.7 Å². The largest absolute Gasteiger partial charge is 0.491 e. The number of fused-ring (bicyclic) bond motifs is 1. The summed E-state index contributed by atoms with van der Waals surface area (Å²) >= 11 is 0. The van der Waals surface area contributed by atoms with Gasteiger partial charge in [-0.3, -0.25) is 19.3 Å². The van der Waals surface area contributed by atoms with Crippen LogP contribution < -0.4 is 20.3 Å². The average molecular weight is 407 g/mol. The summed E-state index contributed by atoms with van der Waals surface area (Å²) in [6.45, 7) is -0.736. The third kappa shape index (κ3) is 4.65. The molecule has 0 aromatic heterocycles. The highest BCUT2D eigenvalue weighted by Gasteiger charge is 2.25. The minimum absolute atomic E-state index is 0.0812. The van der Waals surface area contributed by atoms with E-state index in [1.165, 1.54) is 4.90 Å². The van der Waals surface area contributed by atoms with Crippen molar-refractivity contribution in [2.24, 2.45) is 0 Å². The normalized spacial score (nSPS) is 13.2. The summed E-state index contributed by atoms with van der Waals surface area (Å²) in [6, 6.07) is 8.24. The first-order valence-corrected chi connectivity index (χ1v) is 8.59. The Hall–Kier alpha value is -3.56. The Balaban J connectivity index is 1.59. The number of nitrogens with one attached hydrogen (secondary N) is 2. The molecule has 0 saturated carbocycles. The summed E-state index contributed by atoms with van der Waals surface area (Å²) in [5.74, 6) is -6.01. The number of rotatable bonds is 5. The van der Waals surface area contributed by atoms with Crippen LogP contribution in [0.2, 0.25) is 0 Å². The van der Waals surface area contributed by atoms with Gasteiger partial charge in [0.05, 0.1) is 30.9 Å². The van der Waals surface area contributed by atoms with Crippen LogP contribution in [0.4, 0.5) is 24.5 Å². The summed E-state index contributed by atoms with van der Waals surface area (Å²) in [7, 11) is 0. The molecule has 152 valence electrons. The molecule has 7 nitrogen and oxygen atoms in total. The van der Waals surface area contributed by atoms with E-state index in [-0.39, 0.29) is 25.5 Å². The molecule has 1 heterocycles. The molecule has 2 N–H and O–H groups in total. The number of nitrogens with zero attached hydrogens (tertiary/aromatic N) is 1. The topological polar surface area (TPSA) is 87.7 Å². The summed E-state index contributed by atoms with van der Waals surface area (Å²) < 4.78 is 45.2. The van der Waals surface area contributed by atoms with Crippen LogP contribution in [0.5, 0.6) is 5.75 Å². The van der Waals surface area contributed by atoms with E-state index in [0.717, 1.165) is 6.07 Å². The Kier molecular flexibility index (Phi) is 6.01. The van der Waals surface area contributed by atoms with E-state index in [2.05, 4.69) is 5.32 Å². The van der Waals surface area contributed by atoms with Crippen LogP contribution >= 0.6 is 0 Å². The van der Waals surface area contributed by atoms with Gasteiger partial charge in [-0.1, -0.05) is 12.1 Å². The second-order valence-electron chi connectivity index (χ2n) is 6.09. The number of anilines is 2. The first-order chi connectivity index (χ1) is 13.9. The quantitative estimate of drug-likeness (QED) is 0.742. The monoisotopic (exact) mass is 407 g/mol. The Morgan fingerprint density at radius 3 is 2.59 bits per heavy atom. The van der Waals surface area contributed by atoms with Crippen LogP contribution in [-0.2, 0) is 14.4 Å². The molecule has 29 heavy (non-hydrogen) atoms.